The summed E-state index contributed by atoms with van der Waals surface area (Å²) in [6, 6.07) is 5.03. The van der Waals surface area contributed by atoms with E-state index in [1.807, 2.05) is 0 Å². The number of methoxy groups -OCH3 is 1. The molecule has 0 heterocycles. The van der Waals surface area contributed by atoms with E-state index in [-0.39, 0.29) is 19.0 Å². The largest absolute Gasteiger partial charge is 0.468 e. The van der Waals surface area contributed by atoms with Crippen LogP contribution in [0.4, 0.5) is 0 Å². The normalized spacial score (nSPS) is 9.19. The quantitative estimate of drug-likeness (QED) is 0.631. The molecule has 0 aliphatic rings. The summed E-state index contributed by atoms with van der Waals surface area (Å²) in [6.07, 6.45) is 0.0317. The zero-order chi connectivity index (χ0) is 12.0. The molecule has 0 spiro atoms. The van der Waals surface area contributed by atoms with E-state index >= 15 is 0 Å². The number of carbonyl (C=O) groups is 1. The van der Waals surface area contributed by atoms with E-state index in [1.54, 1.807) is 18.2 Å². The minimum atomic E-state index is -0.382. The maximum absolute atomic E-state index is 10.8. The summed E-state index contributed by atoms with van der Waals surface area (Å²) in [7, 11) is 1.31. The molecule has 4 heteroatoms. The van der Waals surface area contributed by atoms with Gasteiger partial charge in [0.1, 0.15) is 6.42 Å². The summed E-state index contributed by atoms with van der Waals surface area (Å²) in [5, 5.41) is 9.62. The SMILES string of the molecule is COC(=O)CC#Cc1ccc(Cl)cc1CO. The van der Waals surface area contributed by atoms with E-state index in [4.69, 9.17) is 16.7 Å². The number of carbonyl (C=O) groups excluding carboxylic acids is 1. The van der Waals surface area contributed by atoms with Gasteiger partial charge in [0.15, 0.2) is 0 Å². The van der Waals surface area contributed by atoms with Crippen molar-refractivity contribution in [3.8, 4) is 11.8 Å². The monoisotopic (exact) mass is 238 g/mol. The van der Waals surface area contributed by atoms with Gasteiger partial charge in [0.05, 0.1) is 13.7 Å². The zero-order valence-corrected chi connectivity index (χ0v) is 9.54. The van der Waals surface area contributed by atoms with E-state index in [2.05, 4.69) is 16.6 Å². The lowest BCUT2D eigenvalue weighted by Gasteiger charge is -2.00. The summed E-state index contributed by atoms with van der Waals surface area (Å²) in [5.41, 5.74) is 1.31. The first kappa shape index (κ1) is 12.6. The summed E-state index contributed by atoms with van der Waals surface area (Å²) < 4.78 is 4.45. The Hall–Kier alpha value is -1.50. The molecule has 1 N–H and O–H groups in total. The Kier molecular flexibility index (Phi) is 4.84. The van der Waals surface area contributed by atoms with Crippen molar-refractivity contribution in [3.63, 3.8) is 0 Å². The molecule has 0 radical (unpaired) electrons. The minimum Gasteiger partial charge on any atom is -0.468 e. The van der Waals surface area contributed by atoms with Crippen molar-refractivity contribution < 1.29 is 14.6 Å². The van der Waals surface area contributed by atoms with Crippen molar-refractivity contribution in [2.24, 2.45) is 0 Å². The lowest BCUT2D eigenvalue weighted by Crippen LogP contribution is -1.97. The summed E-state index contributed by atoms with van der Waals surface area (Å²) >= 11 is 5.77. The van der Waals surface area contributed by atoms with E-state index in [1.165, 1.54) is 7.11 Å². The summed E-state index contributed by atoms with van der Waals surface area (Å²) in [4.78, 5) is 10.8. The fraction of sp³-hybridized carbons (Fsp3) is 0.250. The van der Waals surface area contributed by atoms with Gasteiger partial charge in [0.2, 0.25) is 0 Å². The fourth-order valence-corrected chi connectivity index (χ4v) is 1.29. The summed E-state index contributed by atoms with van der Waals surface area (Å²) in [5.74, 6) is 5.07. The predicted octanol–water partition coefficient (Wildman–Crippen LogP) is 1.75. The first-order chi connectivity index (χ1) is 7.67. The molecule has 0 aliphatic carbocycles. The van der Waals surface area contributed by atoms with Crippen molar-refractivity contribution in [1.29, 1.82) is 0 Å². The Bertz CT molecular complexity index is 443. The molecule has 0 unspecified atom stereocenters. The molecule has 0 fully saturated rings. The van der Waals surface area contributed by atoms with E-state index < -0.39 is 0 Å². The first-order valence-electron chi connectivity index (χ1n) is 4.62. The molecule has 0 atom stereocenters. The van der Waals surface area contributed by atoms with Crippen LogP contribution in [0.25, 0.3) is 0 Å². The number of rotatable bonds is 2. The molecule has 0 saturated carbocycles. The van der Waals surface area contributed by atoms with Crippen LogP contribution < -0.4 is 0 Å². The fourth-order valence-electron chi connectivity index (χ4n) is 1.10. The van der Waals surface area contributed by atoms with Crippen LogP contribution in [0.2, 0.25) is 5.02 Å². The number of halogens is 1. The Morgan fingerprint density at radius 2 is 2.31 bits per heavy atom. The smallest absolute Gasteiger partial charge is 0.317 e. The molecule has 16 heavy (non-hydrogen) atoms. The van der Waals surface area contributed by atoms with Gasteiger partial charge in [0.25, 0.3) is 0 Å². The Labute approximate surface area is 99.0 Å². The van der Waals surface area contributed by atoms with E-state index in [0.29, 0.717) is 16.1 Å². The highest BCUT2D eigenvalue weighted by molar-refractivity contribution is 6.30. The topological polar surface area (TPSA) is 46.5 Å². The van der Waals surface area contributed by atoms with Crippen LogP contribution in [0.5, 0.6) is 0 Å². The molecule has 1 rings (SSSR count). The first-order valence-corrected chi connectivity index (χ1v) is 5.00. The number of ether oxygens (including phenoxy) is 1. The molecule has 0 saturated heterocycles. The second kappa shape index (κ2) is 6.16. The Morgan fingerprint density at radius 3 is 2.94 bits per heavy atom. The van der Waals surface area contributed by atoms with Crippen LogP contribution in [0, 0.1) is 11.8 Å². The van der Waals surface area contributed by atoms with Gasteiger partial charge in [-0.3, -0.25) is 4.79 Å². The molecule has 1 aromatic rings. The highest BCUT2D eigenvalue weighted by atomic mass is 35.5. The molecule has 0 aromatic heterocycles. The van der Waals surface area contributed by atoms with Gasteiger partial charge in [0, 0.05) is 10.6 Å². The number of benzene rings is 1. The number of hydrogen-bond donors (Lipinski definition) is 1. The highest BCUT2D eigenvalue weighted by Crippen LogP contribution is 2.15. The Balaban J connectivity index is 2.84. The third-order valence-corrected chi connectivity index (χ3v) is 2.16. The van der Waals surface area contributed by atoms with Gasteiger partial charge >= 0.3 is 5.97 Å². The van der Waals surface area contributed by atoms with Crippen molar-refractivity contribution in [2.75, 3.05) is 7.11 Å². The van der Waals surface area contributed by atoms with Gasteiger partial charge in [-0.15, -0.1) is 0 Å². The molecular formula is C12H11ClO3. The number of aliphatic hydroxyl groups excluding tert-OH is 1. The van der Waals surface area contributed by atoms with Crippen molar-refractivity contribution in [2.45, 2.75) is 13.0 Å². The lowest BCUT2D eigenvalue weighted by molar-refractivity contribution is -0.139. The van der Waals surface area contributed by atoms with Gasteiger partial charge in [-0.25, -0.2) is 0 Å². The number of hydrogen-bond acceptors (Lipinski definition) is 3. The molecule has 0 bridgehead atoms. The number of aliphatic hydroxyl groups is 1. The van der Waals surface area contributed by atoms with Crippen LogP contribution in [-0.4, -0.2) is 18.2 Å². The maximum atomic E-state index is 10.8. The average Bonchev–Trinajstić information content (AvgIpc) is 2.30. The third kappa shape index (κ3) is 3.58. The van der Waals surface area contributed by atoms with Crippen molar-refractivity contribution in [3.05, 3.63) is 34.3 Å². The van der Waals surface area contributed by atoms with E-state index in [0.717, 1.165) is 0 Å². The molecule has 0 amide bonds. The van der Waals surface area contributed by atoms with Crippen molar-refractivity contribution in [1.82, 2.24) is 0 Å². The highest BCUT2D eigenvalue weighted by Gasteiger charge is 2.00. The average molecular weight is 239 g/mol. The third-order valence-electron chi connectivity index (χ3n) is 1.92. The maximum Gasteiger partial charge on any atom is 0.317 e. The molecule has 1 aromatic carbocycles. The molecular weight excluding hydrogens is 228 g/mol. The zero-order valence-electron chi connectivity index (χ0n) is 8.79. The van der Waals surface area contributed by atoms with Crippen LogP contribution in [0.15, 0.2) is 18.2 Å². The van der Waals surface area contributed by atoms with Gasteiger partial charge < -0.3 is 9.84 Å². The number of esters is 1. The summed E-state index contributed by atoms with van der Waals surface area (Å²) in [6.45, 7) is -0.136. The lowest BCUT2D eigenvalue weighted by atomic mass is 10.1. The minimum absolute atomic E-state index is 0.0317. The second-order valence-corrected chi connectivity index (χ2v) is 3.45. The van der Waals surface area contributed by atoms with Gasteiger partial charge in [-0.05, 0) is 23.8 Å². The van der Waals surface area contributed by atoms with Crippen LogP contribution in [0.3, 0.4) is 0 Å². The van der Waals surface area contributed by atoms with Crippen LogP contribution >= 0.6 is 11.6 Å². The standard InChI is InChI=1S/C12H11ClO3/c1-16-12(15)4-2-3-9-5-6-11(13)7-10(9)8-14/h5-7,14H,4,8H2,1H3. The molecule has 3 nitrogen and oxygen atoms in total. The second-order valence-electron chi connectivity index (χ2n) is 3.01. The van der Waals surface area contributed by atoms with Gasteiger partial charge in [-0.1, -0.05) is 23.4 Å². The predicted molar refractivity (Wildman–Crippen MR) is 60.9 cm³/mol. The molecule has 84 valence electrons. The van der Waals surface area contributed by atoms with Gasteiger partial charge in [-0.2, -0.15) is 0 Å². The van der Waals surface area contributed by atoms with Crippen molar-refractivity contribution >= 4 is 17.6 Å². The molecule has 0 aliphatic heterocycles. The van der Waals surface area contributed by atoms with Crippen LogP contribution in [-0.2, 0) is 16.1 Å². The Morgan fingerprint density at radius 1 is 1.56 bits per heavy atom. The van der Waals surface area contributed by atoms with E-state index in [9.17, 15) is 4.79 Å². The van der Waals surface area contributed by atoms with Crippen LogP contribution in [0.1, 0.15) is 17.5 Å².